The number of nitrogens with zero attached hydrogens (tertiary/aromatic N) is 3. The van der Waals surface area contributed by atoms with Crippen LogP contribution in [0.25, 0.3) is 16.8 Å². The maximum absolute atomic E-state index is 13.4. The number of primary amides is 1. The number of benzene rings is 2. The minimum Gasteiger partial charge on any atom is -0.366 e. The lowest BCUT2D eigenvalue weighted by molar-refractivity contribution is 0.100. The number of hydrogen-bond donors (Lipinski definition) is 2. The first kappa shape index (κ1) is 18.6. The van der Waals surface area contributed by atoms with Crippen LogP contribution in [0.4, 0.5) is 15.9 Å². The zero-order valence-electron chi connectivity index (χ0n) is 16.1. The molecule has 2 aromatic carbocycles. The van der Waals surface area contributed by atoms with Crippen LogP contribution in [0.3, 0.4) is 0 Å². The maximum atomic E-state index is 13.4. The summed E-state index contributed by atoms with van der Waals surface area (Å²) in [4.78, 5) is 16.0. The first-order valence-corrected chi connectivity index (χ1v) is 9.28. The van der Waals surface area contributed by atoms with E-state index in [-0.39, 0.29) is 5.82 Å². The third kappa shape index (κ3) is 3.54. The Morgan fingerprint density at radius 1 is 1.14 bits per heavy atom. The number of carbonyl (C=O) groups is 1. The summed E-state index contributed by atoms with van der Waals surface area (Å²) < 4.78 is 15.2. The van der Waals surface area contributed by atoms with Gasteiger partial charge in [0.05, 0.1) is 5.69 Å². The van der Waals surface area contributed by atoms with Gasteiger partial charge in [0.2, 0.25) is 5.91 Å². The molecule has 0 unspecified atom stereocenters. The molecular weight excluding hydrogens is 369 g/mol. The molecule has 1 amide bonds. The normalized spacial score (nSPS) is 11.0. The monoisotopic (exact) mass is 389 g/mol. The summed E-state index contributed by atoms with van der Waals surface area (Å²) in [6.45, 7) is 3.94. The Morgan fingerprint density at radius 2 is 1.83 bits per heavy atom. The van der Waals surface area contributed by atoms with Crippen molar-refractivity contribution >= 4 is 23.1 Å². The second kappa shape index (κ2) is 7.35. The molecule has 4 rings (SSSR count). The van der Waals surface area contributed by atoms with Gasteiger partial charge < -0.3 is 11.1 Å². The quantitative estimate of drug-likeness (QED) is 0.534. The van der Waals surface area contributed by atoms with E-state index in [2.05, 4.69) is 10.3 Å². The average Bonchev–Trinajstić information content (AvgIpc) is 3.07. The van der Waals surface area contributed by atoms with Gasteiger partial charge in [-0.25, -0.2) is 9.37 Å². The molecule has 0 aliphatic rings. The number of aromatic nitrogens is 3. The SMILES string of the molecule is CCc1nn2c(Nc3ccc(C(N)=O)cc3)cc(C)nc2c1-c1ccc(F)cc1. The first-order valence-electron chi connectivity index (χ1n) is 9.28. The second-order valence-electron chi connectivity index (χ2n) is 6.77. The Labute approximate surface area is 167 Å². The van der Waals surface area contributed by atoms with Crippen LogP contribution in [0.5, 0.6) is 0 Å². The van der Waals surface area contributed by atoms with Crippen LogP contribution in [-0.4, -0.2) is 20.5 Å². The first-order chi connectivity index (χ1) is 14.0. The fraction of sp³-hybridized carbons (Fsp3) is 0.136. The molecule has 0 aliphatic carbocycles. The van der Waals surface area contributed by atoms with Crippen LogP contribution in [0.2, 0.25) is 0 Å². The van der Waals surface area contributed by atoms with Crippen molar-refractivity contribution in [1.82, 2.24) is 14.6 Å². The fourth-order valence-corrected chi connectivity index (χ4v) is 3.30. The molecule has 0 radical (unpaired) electrons. The summed E-state index contributed by atoms with van der Waals surface area (Å²) in [5, 5.41) is 8.06. The van der Waals surface area contributed by atoms with Crippen molar-refractivity contribution in [3.63, 3.8) is 0 Å². The molecule has 0 fully saturated rings. The number of halogens is 1. The Kier molecular flexibility index (Phi) is 4.72. The van der Waals surface area contributed by atoms with Crippen LogP contribution in [-0.2, 0) is 6.42 Å². The van der Waals surface area contributed by atoms with Crippen LogP contribution < -0.4 is 11.1 Å². The van der Waals surface area contributed by atoms with E-state index in [9.17, 15) is 9.18 Å². The Hall–Kier alpha value is -3.74. The highest BCUT2D eigenvalue weighted by molar-refractivity contribution is 5.93. The Morgan fingerprint density at radius 3 is 2.45 bits per heavy atom. The molecular formula is C22H20FN5O. The predicted molar refractivity (Wildman–Crippen MR) is 111 cm³/mol. The van der Waals surface area contributed by atoms with Gasteiger partial charge in [-0.15, -0.1) is 0 Å². The molecule has 4 aromatic rings. The fourth-order valence-electron chi connectivity index (χ4n) is 3.30. The minimum atomic E-state index is -0.470. The summed E-state index contributed by atoms with van der Waals surface area (Å²) in [6.07, 6.45) is 0.710. The van der Waals surface area contributed by atoms with E-state index >= 15 is 0 Å². The Balaban J connectivity index is 1.83. The van der Waals surface area contributed by atoms with Crippen molar-refractivity contribution in [3.05, 3.63) is 77.4 Å². The minimum absolute atomic E-state index is 0.283. The number of amides is 1. The van der Waals surface area contributed by atoms with E-state index in [0.29, 0.717) is 17.6 Å². The second-order valence-corrected chi connectivity index (χ2v) is 6.77. The number of anilines is 2. The lowest BCUT2D eigenvalue weighted by Gasteiger charge is -2.10. The molecule has 0 atom stereocenters. The third-order valence-corrected chi connectivity index (χ3v) is 4.70. The van der Waals surface area contributed by atoms with Gasteiger partial charge in [-0.3, -0.25) is 4.79 Å². The maximum Gasteiger partial charge on any atom is 0.248 e. The molecule has 3 N–H and O–H groups in total. The molecule has 2 heterocycles. The van der Waals surface area contributed by atoms with Gasteiger partial charge in [-0.1, -0.05) is 19.1 Å². The van der Waals surface area contributed by atoms with Crippen LogP contribution >= 0.6 is 0 Å². The van der Waals surface area contributed by atoms with E-state index < -0.39 is 5.91 Å². The highest BCUT2D eigenvalue weighted by Crippen LogP contribution is 2.31. The van der Waals surface area contributed by atoms with E-state index in [0.717, 1.165) is 34.0 Å². The van der Waals surface area contributed by atoms with Crippen molar-refractivity contribution < 1.29 is 9.18 Å². The molecule has 29 heavy (non-hydrogen) atoms. The van der Waals surface area contributed by atoms with E-state index in [1.54, 1.807) is 40.9 Å². The molecule has 0 bridgehead atoms. The largest absolute Gasteiger partial charge is 0.366 e. The zero-order valence-corrected chi connectivity index (χ0v) is 16.1. The predicted octanol–water partition coefficient (Wildman–Crippen LogP) is 4.25. The summed E-state index contributed by atoms with van der Waals surface area (Å²) in [5.74, 6) is -0.0149. The molecule has 146 valence electrons. The van der Waals surface area contributed by atoms with Gasteiger partial charge in [0, 0.05) is 28.6 Å². The van der Waals surface area contributed by atoms with Gasteiger partial charge in [0.25, 0.3) is 0 Å². The van der Waals surface area contributed by atoms with Crippen LogP contribution in [0, 0.1) is 12.7 Å². The number of nitrogens with two attached hydrogens (primary N) is 1. The molecule has 0 spiro atoms. The van der Waals surface area contributed by atoms with Gasteiger partial charge >= 0.3 is 0 Å². The van der Waals surface area contributed by atoms with E-state index in [1.807, 2.05) is 19.9 Å². The Bertz CT molecular complexity index is 1200. The standard InChI is InChI=1S/C22H20FN5O/c1-3-18-20(14-4-8-16(23)9-5-14)22-25-13(2)12-19(28(22)27-18)26-17-10-6-15(7-11-17)21(24)29/h4-12,26H,3H2,1-2H3,(H2,24,29). The topological polar surface area (TPSA) is 85.3 Å². The van der Waals surface area contributed by atoms with Crippen molar-refractivity contribution in [3.8, 4) is 11.1 Å². The summed E-state index contributed by atoms with van der Waals surface area (Å²) in [6, 6.07) is 15.2. The number of rotatable bonds is 5. The molecule has 0 aliphatic heterocycles. The lowest BCUT2D eigenvalue weighted by atomic mass is 10.0. The highest BCUT2D eigenvalue weighted by atomic mass is 19.1. The number of carbonyl (C=O) groups excluding carboxylic acids is 1. The van der Waals surface area contributed by atoms with E-state index in [1.165, 1.54) is 12.1 Å². The molecule has 0 saturated heterocycles. The molecule has 2 aromatic heterocycles. The molecule has 6 nitrogen and oxygen atoms in total. The third-order valence-electron chi connectivity index (χ3n) is 4.70. The number of hydrogen-bond acceptors (Lipinski definition) is 4. The zero-order chi connectivity index (χ0) is 20.5. The van der Waals surface area contributed by atoms with Crippen molar-refractivity contribution in [2.75, 3.05) is 5.32 Å². The van der Waals surface area contributed by atoms with Gasteiger partial charge in [-0.05, 0) is 55.3 Å². The van der Waals surface area contributed by atoms with Crippen molar-refractivity contribution in [2.24, 2.45) is 5.73 Å². The van der Waals surface area contributed by atoms with Gasteiger partial charge in [0.1, 0.15) is 11.6 Å². The summed E-state index contributed by atoms with van der Waals surface area (Å²) in [5.41, 5.74) is 10.7. The number of fused-ring (bicyclic) bond motifs is 1. The van der Waals surface area contributed by atoms with Crippen molar-refractivity contribution in [1.29, 1.82) is 0 Å². The molecule has 7 heteroatoms. The lowest BCUT2D eigenvalue weighted by Crippen LogP contribution is -2.10. The number of nitrogens with one attached hydrogen (secondary N) is 1. The summed E-state index contributed by atoms with van der Waals surface area (Å²) >= 11 is 0. The number of aryl methyl sites for hydroxylation is 2. The average molecular weight is 389 g/mol. The smallest absolute Gasteiger partial charge is 0.248 e. The van der Waals surface area contributed by atoms with Gasteiger partial charge in [0.15, 0.2) is 5.65 Å². The molecule has 0 saturated carbocycles. The van der Waals surface area contributed by atoms with Gasteiger partial charge in [-0.2, -0.15) is 9.61 Å². The summed E-state index contributed by atoms with van der Waals surface area (Å²) in [7, 11) is 0. The highest BCUT2D eigenvalue weighted by Gasteiger charge is 2.18. The van der Waals surface area contributed by atoms with Crippen LogP contribution in [0.15, 0.2) is 54.6 Å². The van der Waals surface area contributed by atoms with E-state index in [4.69, 9.17) is 10.8 Å². The van der Waals surface area contributed by atoms with Crippen molar-refractivity contribution in [2.45, 2.75) is 20.3 Å². The van der Waals surface area contributed by atoms with Crippen LogP contribution in [0.1, 0.15) is 28.7 Å².